The second-order valence-electron chi connectivity index (χ2n) is 7.22. The van der Waals surface area contributed by atoms with E-state index in [-0.39, 0.29) is 11.3 Å². The van der Waals surface area contributed by atoms with Crippen molar-refractivity contribution in [3.63, 3.8) is 0 Å². The van der Waals surface area contributed by atoms with Gasteiger partial charge in [-0.25, -0.2) is 4.98 Å². The van der Waals surface area contributed by atoms with E-state index in [1.54, 1.807) is 23.6 Å². The first-order chi connectivity index (χ1) is 14.9. The van der Waals surface area contributed by atoms with Crippen LogP contribution in [0.1, 0.15) is 10.4 Å². The molecule has 1 aliphatic rings. The van der Waals surface area contributed by atoms with Crippen molar-refractivity contribution in [1.29, 1.82) is 0 Å². The average molecular weight is 458 g/mol. The predicted octanol–water partition coefficient (Wildman–Crippen LogP) is 4.38. The minimum Gasteiger partial charge on any atom is -0.363 e. The van der Waals surface area contributed by atoms with E-state index in [1.165, 1.54) is 17.4 Å². The van der Waals surface area contributed by atoms with Crippen LogP contribution >= 0.6 is 22.9 Å². The number of nitro groups is 1. The first-order valence-corrected chi connectivity index (χ1v) is 10.9. The molecule has 1 aromatic heterocycles. The summed E-state index contributed by atoms with van der Waals surface area (Å²) < 4.78 is 0. The molecule has 0 radical (unpaired) electrons. The molecule has 0 aliphatic carbocycles. The molecular weight excluding hydrogens is 438 g/mol. The van der Waals surface area contributed by atoms with Gasteiger partial charge >= 0.3 is 0 Å². The number of aromatic nitrogens is 1. The SMILES string of the molecule is CN1CCN(c2ccc(C(=O)Nc3nc(-c4ccccc4Cl)cs3)cc2[N+](=O)[O-])CC1. The molecule has 160 valence electrons. The summed E-state index contributed by atoms with van der Waals surface area (Å²) >= 11 is 7.47. The summed E-state index contributed by atoms with van der Waals surface area (Å²) in [5, 5.41) is 17.2. The number of rotatable bonds is 5. The van der Waals surface area contributed by atoms with Crippen molar-refractivity contribution in [3.05, 3.63) is 68.5 Å². The van der Waals surface area contributed by atoms with Gasteiger partial charge in [-0.15, -0.1) is 11.3 Å². The van der Waals surface area contributed by atoms with Crippen LogP contribution in [0.25, 0.3) is 11.3 Å². The Morgan fingerprint density at radius 3 is 2.65 bits per heavy atom. The fourth-order valence-electron chi connectivity index (χ4n) is 3.42. The summed E-state index contributed by atoms with van der Waals surface area (Å²) in [4.78, 5) is 32.5. The number of thiazole rings is 1. The zero-order valence-corrected chi connectivity index (χ0v) is 18.3. The number of halogens is 1. The quantitative estimate of drug-likeness (QED) is 0.451. The lowest BCUT2D eigenvalue weighted by atomic mass is 10.1. The van der Waals surface area contributed by atoms with Crippen LogP contribution in [0.5, 0.6) is 0 Å². The fraction of sp³-hybridized carbons (Fsp3) is 0.238. The Bertz CT molecular complexity index is 1130. The monoisotopic (exact) mass is 457 g/mol. The average Bonchev–Trinajstić information content (AvgIpc) is 3.22. The molecule has 2 aromatic carbocycles. The van der Waals surface area contributed by atoms with E-state index in [4.69, 9.17) is 11.6 Å². The number of anilines is 2. The standard InChI is InChI=1S/C21H20ClN5O3S/c1-25-8-10-26(11-9-25)18-7-6-14(12-19(18)27(29)30)20(28)24-21-23-17(13-31-21)15-4-2-3-5-16(15)22/h2-7,12-13H,8-11H2,1H3,(H,23,24,28). The number of carbonyl (C=O) groups excluding carboxylic acids is 1. The summed E-state index contributed by atoms with van der Waals surface area (Å²) in [5.74, 6) is -0.451. The fourth-order valence-corrected chi connectivity index (χ4v) is 4.36. The minimum absolute atomic E-state index is 0.0758. The van der Waals surface area contributed by atoms with Crippen molar-refractivity contribution >= 4 is 45.4 Å². The summed E-state index contributed by atoms with van der Waals surface area (Å²) in [6, 6.07) is 11.9. The lowest BCUT2D eigenvalue weighted by Crippen LogP contribution is -2.44. The molecule has 4 rings (SSSR count). The zero-order chi connectivity index (χ0) is 22.0. The summed E-state index contributed by atoms with van der Waals surface area (Å²) in [6.07, 6.45) is 0. The Hall–Kier alpha value is -3.01. The second kappa shape index (κ2) is 9.01. The molecule has 10 heteroatoms. The van der Waals surface area contributed by atoms with E-state index >= 15 is 0 Å². The maximum atomic E-state index is 12.7. The third-order valence-electron chi connectivity index (χ3n) is 5.15. The molecule has 31 heavy (non-hydrogen) atoms. The molecule has 1 N–H and O–H groups in total. The number of hydrogen-bond acceptors (Lipinski definition) is 7. The first-order valence-electron chi connectivity index (χ1n) is 9.66. The van der Waals surface area contributed by atoms with Crippen molar-refractivity contribution in [2.24, 2.45) is 0 Å². The number of amides is 1. The lowest BCUT2D eigenvalue weighted by molar-refractivity contribution is -0.384. The van der Waals surface area contributed by atoms with Gasteiger partial charge in [-0.1, -0.05) is 29.8 Å². The molecule has 1 fully saturated rings. The lowest BCUT2D eigenvalue weighted by Gasteiger charge is -2.33. The van der Waals surface area contributed by atoms with Crippen molar-refractivity contribution in [2.75, 3.05) is 43.4 Å². The Labute approximate surface area is 188 Å². The zero-order valence-electron chi connectivity index (χ0n) is 16.7. The van der Waals surface area contributed by atoms with E-state index in [0.717, 1.165) is 18.7 Å². The number of nitrogens with zero attached hydrogens (tertiary/aromatic N) is 4. The van der Waals surface area contributed by atoms with Gasteiger partial charge in [0.1, 0.15) is 5.69 Å². The van der Waals surface area contributed by atoms with E-state index in [9.17, 15) is 14.9 Å². The van der Waals surface area contributed by atoms with E-state index in [2.05, 4.69) is 15.2 Å². The highest BCUT2D eigenvalue weighted by molar-refractivity contribution is 7.14. The Morgan fingerprint density at radius 2 is 1.94 bits per heavy atom. The number of carbonyl (C=O) groups is 1. The molecule has 0 saturated carbocycles. The predicted molar refractivity (Wildman–Crippen MR) is 123 cm³/mol. The highest BCUT2D eigenvalue weighted by Gasteiger charge is 2.24. The highest BCUT2D eigenvalue weighted by Crippen LogP contribution is 2.32. The maximum absolute atomic E-state index is 12.7. The van der Waals surface area contributed by atoms with E-state index < -0.39 is 10.8 Å². The summed E-state index contributed by atoms with van der Waals surface area (Å²) in [7, 11) is 2.02. The van der Waals surface area contributed by atoms with Gasteiger partial charge in [0.2, 0.25) is 0 Å². The van der Waals surface area contributed by atoms with Gasteiger partial charge in [0.25, 0.3) is 11.6 Å². The van der Waals surface area contributed by atoms with Crippen LogP contribution in [0.15, 0.2) is 47.8 Å². The number of nitrogens with one attached hydrogen (secondary N) is 1. The molecule has 1 aliphatic heterocycles. The van der Waals surface area contributed by atoms with Crippen LogP contribution < -0.4 is 10.2 Å². The molecule has 1 saturated heterocycles. The Morgan fingerprint density at radius 1 is 1.19 bits per heavy atom. The molecular formula is C21H20ClN5O3S. The normalized spacial score (nSPS) is 14.5. The van der Waals surface area contributed by atoms with Gasteiger partial charge in [-0.05, 0) is 25.2 Å². The molecule has 3 aromatic rings. The van der Waals surface area contributed by atoms with Gasteiger partial charge in [0.15, 0.2) is 5.13 Å². The third-order valence-corrected chi connectivity index (χ3v) is 6.24. The smallest absolute Gasteiger partial charge is 0.293 e. The number of piperazine rings is 1. The molecule has 0 bridgehead atoms. The van der Waals surface area contributed by atoms with Gasteiger partial charge in [0, 0.05) is 53.8 Å². The molecule has 0 spiro atoms. The van der Waals surface area contributed by atoms with Crippen molar-refractivity contribution in [1.82, 2.24) is 9.88 Å². The van der Waals surface area contributed by atoms with Crippen LogP contribution in [0.2, 0.25) is 5.02 Å². The maximum Gasteiger partial charge on any atom is 0.293 e. The second-order valence-corrected chi connectivity index (χ2v) is 8.49. The van der Waals surface area contributed by atoms with Crippen LogP contribution in [0.4, 0.5) is 16.5 Å². The number of hydrogen-bond donors (Lipinski definition) is 1. The molecule has 0 unspecified atom stereocenters. The van der Waals surface area contributed by atoms with Gasteiger partial charge in [0.05, 0.1) is 10.6 Å². The van der Waals surface area contributed by atoms with E-state index in [1.807, 2.05) is 30.1 Å². The number of benzene rings is 2. The molecule has 0 atom stereocenters. The highest BCUT2D eigenvalue weighted by atomic mass is 35.5. The van der Waals surface area contributed by atoms with Crippen molar-refractivity contribution in [2.45, 2.75) is 0 Å². The minimum atomic E-state index is -0.451. The van der Waals surface area contributed by atoms with Gasteiger partial charge < -0.3 is 9.80 Å². The van der Waals surface area contributed by atoms with Crippen LogP contribution in [-0.2, 0) is 0 Å². The summed E-state index contributed by atoms with van der Waals surface area (Å²) in [5.41, 5.74) is 2.09. The van der Waals surface area contributed by atoms with Gasteiger partial charge in [-0.3, -0.25) is 20.2 Å². The number of likely N-dealkylation sites (N-methyl/N-ethyl adjacent to an activating group) is 1. The third kappa shape index (κ3) is 4.68. The largest absolute Gasteiger partial charge is 0.363 e. The Kier molecular flexibility index (Phi) is 6.17. The topological polar surface area (TPSA) is 91.6 Å². The van der Waals surface area contributed by atoms with Crippen LogP contribution in [-0.4, -0.2) is 53.9 Å². The van der Waals surface area contributed by atoms with Gasteiger partial charge in [-0.2, -0.15) is 0 Å². The van der Waals surface area contributed by atoms with Crippen molar-refractivity contribution < 1.29 is 9.72 Å². The van der Waals surface area contributed by atoms with E-state index in [0.29, 0.717) is 34.6 Å². The molecule has 8 nitrogen and oxygen atoms in total. The van der Waals surface area contributed by atoms with Crippen LogP contribution in [0.3, 0.4) is 0 Å². The first kappa shape index (κ1) is 21.2. The van der Waals surface area contributed by atoms with Crippen molar-refractivity contribution in [3.8, 4) is 11.3 Å². The Balaban J connectivity index is 1.53. The molecule has 2 heterocycles. The molecule has 1 amide bonds. The van der Waals surface area contributed by atoms with Crippen LogP contribution in [0, 0.1) is 10.1 Å². The summed E-state index contributed by atoms with van der Waals surface area (Å²) in [6.45, 7) is 3.06. The number of nitro benzene ring substituents is 1.